The van der Waals surface area contributed by atoms with Crippen LogP contribution in [0.25, 0.3) is 0 Å². The van der Waals surface area contributed by atoms with Gasteiger partial charge in [-0.1, -0.05) is 0 Å². The lowest BCUT2D eigenvalue weighted by Gasteiger charge is -2.06. The Morgan fingerprint density at radius 3 is 2.81 bits per heavy atom. The zero-order valence-electron chi connectivity index (χ0n) is 8.38. The first-order valence-electron chi connectivity index (χ1n) is 4.82. The second kappa shape index (κ2) is 3.79. The third-order valence-electron chi connectivity index (χ3n) is 2.52. The number of hydrogen-bond acceptors (Lipinski definition) is 5. The Kier molecular flexibility index (Phi) is 2.46. The molecule has 0 amide bonds. The summed E-state index contributed by atoms with van der Waals surface area (Å²) in [7, 11) is 0. The number of nitro benzene ring substituents is 1. The van der Waals surface area contributed by atoms with E-state index in [-0.39, 0.29) is 23.3 Å². The van der Waals surface area contributed by atoms with Crippen LogP contribution in [0, 0.1) is 21.4 Å². The van der Waals surface area contributed by atoms with Gasteiger partial charge in [-0.25, -0.2) is 0 Å². The molecule has 1 aliphatic carbocycles. The minimum atomic E-state index is -0.520. The van der Waals surface area contributed by atoms with E-state index in [9.17, 15) is 10.1 Å². The quantitative estimate of drug-likeness (QED) is 0.581. The molecule has 1 aromatic rings. The molecular formula is C10H10N4O2. The van der Waals surface area contributed by atoms with Crippen LogP contribution < -0.4 is 11.1 Å². The molecule has 3 N–H and O–H groups in total. The summed E-state index contributed by atoms with van der Waals surface area (Å²) >= 11 is 0. The van der Waals surface area contributed by atoms with E-state index >= 15 is 0 Å². The highest BCUT2D eigenvalue weighted by Crippen LogP contribution is 2.27. The zero-order valence-corrected chi connectivity index (χ0v) is 8.38. The van der Waals surface area contributed by atoms with Crippen LogP contribution in [0.5, 0.6) is 0 Å². The average Bonchev–Trinajstić information content (AvgIpc) is 2.94. The lowest BCUT2D eigenvalue weighted by molar-refractivity contribution is -0.384. The Morgan fingerprint density at radius 2 is 2.31 bits per heavy atom. The second-order valence-electron chi connectivity index (χ2n) is 3.75. The van der Waals surface area contributed by atoms with E-state index < -0.39 is 4.92 Å². The summed E-state index contributed by atoms with van der Waals surface area (Å²) in [6.45, 7) is 0. The van der Waals surface area contributed by atoms with Crippen molar-refractivity contribution < 1.29 is 4.92 Å². The second-order valence-corrected chi connectivity index (χ2v) is 3.75. The zero-order chi connectivity index (χ0) is 11.7. The standard InChI is InChI=1S/C10H10N4O2/c11-5-6-3-7(14(15)16)1-2-9(6)13-10-4-8(10)12/h1-3,8,10,13H,4,12H2. The van der Waals surface area contributed by atoms with Gasteiger partial charge in [0.05, 0.1) is 16.2 Å². The number of nitro groups is 1. The third kappa shape index (κ3) is 1.94. The Hall–Kier alpha value is -2.13. The fraction of sp³-hybridized carbons (Fsp3) is 0.300. The molecule has 2 atom stereocenters. The molecule has 2 unspecified atom stereocenters. The van der Waals surface area contributed by atoms with Crippen molar-refractivity contribution >= 4 is 11.4 Å². The fourth-order valence-electron chi connectivity index (χ4n) is 1.44. The number of nitriles is 1. The van der Waals surface area contributed by atoms with Crippen molar-refractivity contribution in [3.8, 4) is 6.07 Å². The number of nitrogens with zero attached hydrogens (tertiary/aromatic N) is 2. The average molecular weight is 218 g/mol. The first-order chi connectivity index (χ1) is 7.61. The number of rotatable bonds is 3. The van der Waals surface area contributed by atoms with Crippen molar-refractivity contribution in [2.24, 2.45) is 5.73 Å². The highest BCUT2D eigenvalue weighted by molar-refractivity contribution is 5.62. The van der Waals surface area contributed by atoms with Crippen LogP contribution in [0.15, 0.2) is 18.2 Å². The fourth-order valence-corrected chi connectivity index (χ4v) is 1.44. The van der Waals surface area contributed by atoms with Crippen molar-refractivity contribution in [2.75, 3.05) is 5.32 Å². The van der Waals surface area contributed by atoms with Gasteiger partial charge in [0.25, 0.3) is 5.69 Å². The predicted molar refractivity (Wildman–Crippen MR) is 57.8 cm³/mol. The van der Waals surface area contributed by atoms with Gasteiger partial charge < -0.3 is 11.1 Å². The molecule has 0 saturated heterocycles. The van der Waals surface area contributed by atoms with E-state index in [4.69, 9.17) is 11.0 Å². The molecule has 6 heteroatoms. The van der Waals surface area contributed by atoms with Crippen molar-refractivity contribution in [1.82, 2.24) is 0 Å². The van der Waals surface area contributed by atoms with Gasteiger partial charge in [0.15, 0.2) is 0 Å². The SMILES string of the molecule is N#Cc1cc([N+](=O)[O-])ccc1NC1CC1N. The minimum absolute atomic E-state index is 0.0813. The summed E-state index contributed by atoms with van der Waals surface area (Å²) in [5.74, 6) is 0. The van der Waals surface area contributed by atoms with Crippen LogP contribution in [0.4, 0.5) is 11.4 Å². The first kappa shape index (κ1) is 10.4. The van der Waals surface area contributed by atoms with Gasteiger partial charge in [-0.3, -0.25) is 10.1 Å². The van der Waals surface area contributed by atoms with Crippen LogP contribution in [-0.2, 0) is 0 Å². The molecule has 0 radical (unpaired) electrons. The van der Waals surface area contributed by atoms with Gasteiger partial charge in [0, 0.05) is 24.2 Å². The Bertz CT molecular complexity index is 480. The van der Waals surface area contributed by atoms with Crippen LogP contribution in [0.3, 0.4) is 0 Å². The Balaban J connectivity index is 2.25. The summed E-state index contributed by atoms with van der Waals surface area (Å²) in [5, 5.41) is 22.5. The molecule has 0 spiro atoms. The van der Waals surface area contributed by atoms with Crippen LogP contribution in [0.1, 0.15) is 12.0 Å². The van der Waals surface area contributed by atoms with Gasteiger partial charge >= 0.3 is 0 Å². The Morgan fingerprint density at radius 1 is 1.62 bits per heavy atom. The summed E-state index contributed by atoms with van der Waals surface area (Å²) in [4.78, 5) is 10.0. The monoisotopic (exact) mass is 218 g/mol. The summed E-state index contributed by atoms with van der Waals surface area (Å²) in [5.41, 5.74) is 6.42. The van der Waals surface area contributed by atoms with E-state index in [1.807, 2.05) is 6.07 Å². The van der Waals surface area contributed by atoms with E-state index in [0.29, 0.717) is 5.69 Å². The van der Waals surface area contributed by atoms with Gasteiger partial charge in [0.1, 0.15) is 6.07 Å². The minimum Gasteiger partial charge on any atom is -0.380 e. The number of benzene rings is 1. The molecule has 1 saturated carbocycles. The summed E-state index contributed by atoms with van der Waals surface area (Å²) < 4.78 is 0. The largest absolute Gasteiger partial charge is 0.380 e. The first-order valence-corrected chi connectivity index (χ1v) is 4.82. The molecule has 1 aliphatic rings. The molecule has 6 nitrogen and oxygen atoms in total. The maximum atomic E-state index is 10.5. The number of hydrogen-bond donors (Lipinski definition) is 2. The van der Waals surface area contributed by atoms with Gasteiger partial charge in [-0.2, -0.15) is 5.26 Å². The van der Waals surface area contributed by atoms with Gasteiger partial charge in [-0.15, -0.1) is 0 Å². The normalized spacial score (nSPS) is 22.2. The number of nitrogens with one attached hydrogen (secondary N) is 1. The molecule has 0 heterocycles. The van der Waals surface area contributed by atoms with Crippen molar-refractivity contribution in [1.29, 1.82) is 5.26 Å². The van der Waals surface area contributed by atoms with E-state index in [0.717, 1.165) is 6.42 Å². The predicted octanol–water partition coefficient (Wildman–Crippen LogP) is 0.978. The van der Waals surface area contributed by atoms with Gasteiger partial charge in [0.2, 0.25) is 0 Å². The number of anilines is 1. The van der Waals surface area contributed by atoms with E-state index in [1.54, 1.807) is 6.07 Å². The maximum Gasteiger partial charge on any atom is 0.270 e. The van der Waals surface area contributed by atoms with Gasteiger partial charge in [-0.05, 0) is 12.5 Å². The third-order valence-corrected chi connectivity index (χ3v) is 2.52. The van der Waals surface area contributed by atoms with Crippen LogP contribution in [0.2, 0.25) is 0 Å². The molecule has 82 valence electrons. The van der Waals surface area contributed by atoms with Crippen LogP contribution in [-0.4, -0.2) is 17.0 Å². The molecule has 0 aliphatic heterocycles. The summed E-state index contributed by atoms with van der Waals surface area (Å²) in [6, 6.07) is 6.39. The highest BCUT2D eigenvalue weighted by atomic mass is 16.6. The number of nitrogens with two attached hydrogens (primary N) is 1. The van der Waals surface area contributed by atoms with E-state index in [1.165, 1.54) is 12.1 Å². The molecule has 0 bridgehead atoms. The van der Waals surface area contributed by atoms with Crippen molar-refractivity contribution in [3.05, 3.63) is 33.9 Å². The smallest absolute Gasteiger partial charge is 0.270 e. The summed E-state index contributed by atoms with van der Waals surface area (Å²) in [6.07, 6.45) is 0.863. The van der Waals surface area contributed by atoms with Crippen LogP contribution >= 0.6 is 0 Å². The highest BCUT2D eigenvalue weighted by Gasteiger charge is 2.33. The van der Waals surface area contributed by atoms with E-state index in [2.05, 4.69) is 5.32 Å². The molecule has 1 aromatic carbocycles. The maximum absolute atomic E-state index is 10.5. The lowest BCUT2D eigenvalue weighted by atomic mass is 10.1. The number of non-ortho nitro benzene ring substituents is 1. The molecular weight excluding hydrogens is 208 g/mol. The van der Waals surface area contributed by atoms with Crippen molar-refractivity contribution in [2.45, 2.75) is 18.5 Å². The molecule has 16 heavy (non-hydrogen) atoms. The van der Waals surface area contributed by atoms with Crippen molar-refractivity contribution in [3.63, 3.8) is 0 Å². The molecule has 0 aromatic heterocycles. The lowest BCUT2D eigenvalue weighted by Crippen LogP contribution is -2.13. The topological polar surface area (TPSA) is 105 Å². The molecule has 2 rings (SSSR count). The molecule has 1 fully saturated rings. The Labute approximate surface area is 91.8 Å².